The zero-order chi connectivity index (χ0) is 12.1. The predicted octanol–water partition coefficient (Wildman–Crippen LogP) is 2.92. The van der Waals surface area contributed by atoms with E-state index in [1.807, 2.05) is 0 Å². The van der Waals surface area contributed by atoms with Crippen molar-refractivity contribution in [2.24, 2.45) is 5.73 Å². The minimum absolute atomic E-state index is 0.319. The van der Waals surface area contributed by atoms with E-state index in [4.69, 9.17) is 5.73 Å². The average molecular weight is 232 g/mol. The molecule has 2 rings (SSSR count). The zero-order valence-electron chi connectivity index (χ0n) is 10.8. The monoisotopic (exact) mass is 232 g/mol. The van der Waals surface area contributed by atoms with Gasteiger partial charge >= 0.3 is 0 Å². The molecule has 1 atom stereocenters. The van der Waals surface area contributed by atoms with Crippen LogP contribution in [0.4, 0.5) is 0 Å². The number of nitrogens with one attached hydrogen (secondary N) is 1. The Hall–Kier alpha value is -0.860. The fraction of sp³-hybridized carbons (Fsp3) is 0.600. The van der Waals surface area contributed by atoms with Crippen molar-refractivity contribution in [3.05, 3.63) is 35.4 Å². The fourth-order valence-corrected chi connectivity index (χ4v) is 2.82. The quantitative estimate of drug-likeness (QED) is 0.837. The summed E-state index contributed by atoms with van der Waals surface area (Å²) in [6.45, 7) is 2.85. The van der Waals surface area contributed by atoms with Crippen molar-refractivity contribution >= 4 is 0 Å². The summed E-state index contributed by atoms with van der Waals surface area (Å²) in [5.41, 5.74) is 8.63. The Kier molecular flexibility index (Phi) is 4.57. The molecule has 1 aromatic rings. The van der Waals surface area contributed by atoms with Gasteiger partial charge in [0, 0.05) is 18.6 Å². The van der Waals surface area contributed by atoms with Gasteiger partial charge in [0.1, 0.15) is 0 Å². The van der Waals surface area contributed by atoms with Crippen LogP contribution in [-0.4, -0.2) is 12.6 Å². The van der Waals surface area contributed by atoms with Gasteiger partial charge in [-0.2, -0.15) is 0 Å². The van der Waals surface area contributed by atoms with E-state index in [0.29, 0.717) is 18.6 Å². The minimum atomic E-state index is 0.319. The summed E-state index contributed by atoms with van der Waals surface area (Å²) in [4.78, 5) is 0. The van der Waals surface area contributed by atoms with Crippen molar-refractivity contribution < 1.29 is 0 Å². The Bertz CT molecular complexity index is 343. The third-order valence-corrected chi connectivity index (χ3v) is 3.84. The van der Waals surface area contributed by atoms with E-state index in [1.165, 1.54) is 43.2 Å². The molecule has 0 radical (unpaired) electrons. The number of nitrogens with two attached hydrogens (primary N) is 1. The summed E-state index contributed by atoms with van der Waals surface area (Å²) in [6.07, 6.45) is 6.74. The standard InChI is InChI=1S/C15H24N2/c1-12-7-5-6-10-14(12)15(11-16)17-13-8-3-2-4-9-13/h5-7,10,13,15,17H,2-4,8-9,11,16H2,1H3. The van der Waals surface area contributed by atoms with Crippen LogP contribution >= 0.6 is 0 Å². The lowest BCUT2D eigenvalue weighted by molar-refractivity contribution is 0.340. The molecule has 3 N–H and O–H groups in total. The number of rotatable bonds is 4. The Labute approximate surface area is 105 Å². The van der Waals surface area contributed by atoms with Gasteiger partial charge in [-0.15, -0.1) is 0 Å². The molecule has 17 heavy (non-hydrogen) atoms. The zero-order valence-corrected chi connectivity index (χ0v) is 10.8. The smallest absolute Gasteiger partial charge is 0.0449 e. The van der Waals surface area contributed by atoms with Crippen LogP contribution in [-0.2, 0) is 0 Å². The van der Waals surface area contributed by atoms with Crippen molar-refractivity contribution in [2.75, 3.05) is 6.54 Å². The van der Waals surface area contributed by atoms with Gasteiger partial charge in [0.2, 0.25) is 0 Å². The number of aryl methyl sites for hydroxylation is 1. The van der Waals surface area contributed by atoms with Gasteiger partial charge in [-0.25, -0.2) is 0 Å². The maximum Gasteiger partial charge on any atom is 0.0449 e. The molecule has 1 fully saturated rings. The number of hydrogen-bond acceptors (Lipinski definition) is 2. The lowest BCUT2D eigenvalue weighted by Gasteiger charge is -2.28. The van der Waals surface area contributed by atoms with Gasteiger partial charge in [-0.05, 0) is 30.9 Å². The molecule has 0 saturated heterocycles. The molecule has 1 saturated carbocycles. The Morgan fingerprint density at radius 2 is 1.94 bits per heavy atom. The van der Waals surface area contributed by atoms with Crippen LogP contribution < -0.4 is 11.1 Å². The first kappa shape index (κ1) is 12.6. The first-order valence-electron chi connectivity index (χ1n) is 6.83. The van der Waals surface area contributed by atoms with E-state index < -0.39 is 0 Å². The second-order valence-corrected chi connectivity index (χ2v) is 5.15. The van der Waals surface area contributed by atoms with E-state index in [1.54, 1.807) is 0 Å². The van der Waals surface area contributed by atoms with Gasteiger partial charge in [0.15, 0.2) is 0 Å². The molecule has 0 bridgehead atoms. The fourth-order valence-electron chi connectivity index (χ4n) is 2.82. The normalized spacial score (nSPS) is 19.2. The van der Waals surface area contributed by atoms with E-state index in [9.17, 15) is 0 Å². The SMILES string of the molecule is Cc1ccccc1C(CN)NC1CCCCC1. The van der Waals surface area contributed by atoms with Crippen molar-refractivity contribution in [2.45, 2.75) is 51.1 Å². The van der Waals surface area contributed by atoms with Gasteiger partial charge in [-0.3, -0.25) is 0 Å². The molecule has 1 unspecified atom stereocenters. The molecular weight excluding hydrogens is 208 g/mol. The molecule has 2 heteroatoms. The van der Waals surface area contributed by atoms with E-state index in [2.05, 4.69) is 36.5 Å². The van der Waals surface area contributed by atoms with Crippen LogP contribution in [0.1, 0.15) is 49.3 Å². The van der Waals surface area contributed by atoms with Crippen molar-refractivity contribution in [3.8, 4) is 0 Å². The molecule has 0 aliphatic heterocycles. The lowest BCUT2D eigenvalue weighted by Crippen LogP contribution is -2.38. The lowest BCUT2D eigenvalue weighted by atomic mass is 9.93. The largest absolute Gasteiger partial charge is 0.329 e. The summed E-state index contributed by atoms with van der Waals surface area (Å²) in [6, 6.07) is 9.54. The summed E-state index contributed by atoms with van der Waals surface area (Å²) >= 11 is 0. The van der Waals surface area contributed by atoms with Crippen molar-refractivity contribution in [1.29, 1.82) is 0 Å². The maximum atomic E-state index is 5.93. The van der Waals surface area contributed by atoms with Crippen LogP contribution in [0.2, 0.25) is 0 Å². The van der Waals surface area contributed by atoms with Crippen LogP contribution in [0.5, 0.6) is 0 Å². The van der Waals surface area contributed by atoms with E-state index >= 15 is 0 Å². The molecule has 0 amide bonds. The Morgan fingerprint density at radius 1 is 1.24 bits per heavy atom. The van der Waals surface area contributed by atoms with Crippen LogP contribution in [0.25, 0.3) is 0 Å². The highest BCUT2D eigenvalue weighted by molar-refractivity contribution is 5.29. The number of benzene rings is 1. The second-order valence-electron chi connectivity index (χ2n) is 5.15. The topological polar surface area (TPSA) is 38.0 Å². The van der Waals surface area contributed by atoms with Gasteiger partial charge in [-0.1, -0.05) is 43.5 Å². The van der Waals surface area contributed by atoms with Gasteiger partial charge < -0.3 is 11.1 Å². The van der Waals surface area contributed by atoms with Crippen LogP contribution in [0, 0.1) is 6.92 Å². The van der Waals surface area contributed by atoms with E-state index in [0.717, 1.165) is 0 Å². The van der Waals surface area contributed by atoms with Crippen LogP contribution in [0.3, 0.4) is 0 Å². The first-order chi connectivity index (χ1) is 8.31. The number of hydrogen-bond donors (Lipinski definition) is 2. The Morgan fingerprint density at radius 3 is 2.59 bits per heavy atom. The summed E-state index contributed by atoms with van der Waals surface area (Å²) in [5.74, 6) is 0. The molecular formula is C15H24N2. The summed E-state index contributed by atoms with van der Waals surface area (Å²) in [7, 11) is 0. The average Bonchev–Trinajstić information content (AvgIpc) is 2.38. The molecule has 94 valence electrons. The predicted molar refractivity (Wildman–Crippen MR) is 73.0 cm³/mol. The van der Waals surface area contributed by atoms with E-state index in [-0.39, 0.29) is 0 Å². The summed E-state index contributed by atoms with van der Waals surface area (Å²) < 4.78 is 0. The summed E-state index contributed by atoms with van der Waals surface area (Å²) in [5, 5.41) is 3.74. The molecule has 1 aliphatic carbocycles. The highest BCUT2D eigenvalue weighted by Crippen LogP contribution is 2.22. The molecule has 0 spiro atoms. The molecule has 0 heterocycles. The highest BCUT2D eigenvalue weighted by Gasteiger charge is 2.18. The van der Waals surface area contributed by atoms with Crippen LogP contribution in [0.15, 0.2) is 24.3 Å². The third-order valence-electron chi connectivity index (χ3n) is 3.84. The van der Waals surface area contributed by atoms with Crippen molar-refractivity contribution in [1.82, 2.24) is 5.32 Å². The molecule has 0 aromatic heterocycles. The van der Waals surface area contributed by atoms with Crippen molar-refractivity contribution in [3.63, 3.8) is 0 Å². The van der Waals surface area contributed by atoms with Gasteiger partial charge in [0.25, 0.3) is 0 Å². The first-order valence-corrected chi connectivity index (χ1v) is 6.83. The maximum absolute atomic E-state index is 5.93. The highest BCUT2D eigenvalue weighted by atomic mass is 15.0. The third kappa shape index (κ3) is 3.30. The van der Waals surface area contributed by atoms with Gasteiger partial charge in [0.05, 0.1) is 0 Å². The minimum Gasteiger partial charge on any atom is -0.329 e. The molecule has 1 aliphatic rings. The second kappa shape index (κ2) is 6.18. The molecule has 2 nitrogen and oxygen atoms in total. The molecule has 1 aromatic carbocycles. The Balaban J connectivity index is 2.03.